The molecule has 1 aromatic heterocycles. The van der Waals surface area contributed by atoms with E-state index in [9.17, 15) is 5.11 Å². The molecule has 0 unspecified atom stereocenters. The van der Waals surface area contributed by atoms with Gasteiger partial charge >= 0.3 is 0 Å². The molecule has 0 saturated heterocycles. The second-order valence-electron chi connectivity index (χ2n) is 9.93. The van der Waals surface area contributed by atoms with Gasteiger partial charge in [-0.3, -0.25) is 0 Å². The van der Waals surface area contributed by atoms with Crippen molar-refractivity contribution in [2.45, 2.75) is 50.7 Å². The Hall–Kier alpha value is -2.63. The first-order chi connectivity index (χ1) is 16.0. The quantitative estimate of drug-likeness (QED) is 0.326. The zero-order valence-electron chi connectivity index (χ0n) is 20.0. The van der Waals surface area contributed by atoms with Crippen LogP contribution in [0.5, 0.6) is 5.75 Å². The van der Waals surface area contributed by atoms with Crippen LogP contribution in [0.25, 0.3) is 0 Å². The van der Waals surface area contributed by atoms with Crippen LogP contribution >= 0.6 is 0 Å². The van der Waals surface area contributed by atoms with E-state index in [1.54, 1.807) is 6.20 Å². The summed E-state index contributed by atoms with van der Waals surface area (Å²) in [6.07, 6.45) is 8.24. The molecule has 1 aliphatic carbocycles. The third kappa shape index (κ3) is 5.84. The first kappa shape index (κ1) is 23.5. The molecule has 176 valence electrons. The summed E-state index contributed by atoms with van der Waals surface area (Å²) in [5.41, 5.74) is -0.308. The molecule has 5 nitrogen and oxygen atoms in total. The van der Waals surface area contributed by atoms with Crippen molar-refractivity contribution in [1.82, 2.24) is 4.98 Å². The molecule has 5 heteroatoms. The van der Waals surface area contributed by atoms with E-state index in [2.05, 4.69) is 19.1 Å². The average Bonchev–Trinajstić information content (AvgIpc) is 3.31. The lowest BCUT2D eigenvalue weighted by Crippen LogP contribution is -2.40. The number of ether oxygens (including phenoxy) is 1. The molecule has 33 heavy (non-hydrogen) atoms. The van der Waals surface area contributed by atoms with Crippen molar-refractivity contribution in [2.24, 2.45) is 5.92 Å². The van der Waals surface area contributed by atoms with Crippen LogP contribution in [0.4, 0.5) is 0 Å². The van der Waals surface area contributed by atoms with Gasteiger partial charge in [-0.1, -0.05) is 67.8 Å². The first-order valence-electron chi connectivity index (χ1n) is 12.2. The van der Waals surface area contributed by atoms with E-state index in [1.807, 2.05) is 60.7 Å². The number of hydrogen-bond donors (Lipinski definition) is 1. The molecule has 1 aliphatic rings. The Labute approximate surface area is 197 Å². The second-order valence-corrected chi connectivity index (χ2v) is 9.93. The third-order valence-corrected chi connectivity index (χ3v) is 6.79. The largest absolute Gasteiger partial charge is 0.493 e. The molecule has 1 heterocycles. The molecule has 0 amide bonds. The Kier molecular flexibility index (Phi) is 7.51. The van der Waals surface area contributed by atoms with E-state index < -0.39 is 5.60 Å². The van der Waals surface area contributed by atoms with E-state index >= 15 is 0 Å². The lowest BCUT2D eigenvalue weighted by Gasteiger charge is -2.36. The number of quaternary nitrogens is 1. The highest BCUT2D eigenvalue weighted by atomic mass is 16.5. The maximum Gasteiger partial charge on any atom is 0.231 e. The number of aliphatic hydroxyl groups is 1. The van der Waals surface area contributed by atoms with Crippen LogP contribution < -0.4 is 4.74 Å². The van der Waals surface area contributed by atoms with Gasteiger partial charge in [0, 0.05) is 12.3 Å². The smallest absolute Gasteiger partial charge is 0.231 e. The van der Waals surface area contributed by atoms with Gasteiger partial charge < -0.3 is 18.7 Å². The Morgan fingerprint density at radius 3 is 2.36 bits per heavy atom. The van der Waals surface area contributed by atoms with Gasteiger partial charge in [0.2, 0.25) is 5.89 Å². The summed E-state index contributed by atoms with van der Waals surface area (Å²) in [4.78, 5) is 4.61. The highest BCUT2D eigenvalue weighted by molar-refractivity contribution is 5.30. The predicted molar refractivity (Wildman–Crippen MR) is 130 cm³/mol. The molecule has 0 spiro atoms. The van der Waals surface area contributed by atoms with Gasteiger partial charge in [-0.25, -0.2) is 4.98 Å². The van der Waals surface area contributed by atoms with E-state index in [0.29, 0.717) is 19.0 Å². The molecule has 3 aromatic rings. The lowest BCUT2D eigenvalue weighted by atomic mass is 9.73. The van der Waals surface area contributed by atoms with Gasteiger partial charge in [-0.05, 0) is 30.5 Å². The van der Waals surface area contributed by atoms with Crippen molar-refractivity contribution in [2.75, 3.05) is 27.2 Å². The van der Waals surface area contributed by atoms with Crippen LogP contribution in [0.2, 0.25) is 0 Å². The number of nitrogens with zero attached hydrogens (tertiary/aromatic N) is 2. The number of hydrogen-bond acceptors (Lipinski definition) is 4. The first-order valence-corrected chi connectivity index (χ1v) is 12.2. The van der Waals surface area contributed by atoms with Gasteiger partial charge in [0.25, 0.3) is 0 Å². The molecule has 1 fully saturated rings. The van der Waals surface area contributed by atoms with Gasteiger partial charge in [-0.15, -0.1) is 0 Å². The molecule has 0 bridgehead atoms. The van der Waals surface area contributed by atoms with Gasteiger partial charge in [0.15, 0.2) is 11.4 Å². The molecule has 1 saturated carbocycles. The Bertz CT molecular complexity index is 981. The van der Waals surface area contributed by atoms with Crippen molar-refractivity contribution < 1.29 is 18.7 Å². The van der Waals surface area contributed by atoms with E-state index in [-0.39, 0.29) is 5.92 Å². The van der Waals surface area contributed by atoms with Crippen molar-refractivity contribution in [3.8, 4) is 5.75 Å². The molecule has 0 aliphatic heterocycles. The van der Waals surface area contributed by atoms with Crippen LogP contribution in [0.1, 0.15) is 55.7 Å². The van der Waals surface area contributed by atoms with Crippen molar-refractivity contribution >= 4 is 0 Å². The molecule has 4 rings (SSSR count). The molecular formula is C28H37N2O3+. The molecular weight excluding hydrogens is 412 g/mol. The fourth-order valence-electron chi connectivity index (χ4n) is 5.00. The zero-order chi connectivity index (χ0) is 23.2. The summed E-state index contributed by atoms with van der Waals surface area (Å²) in [7, 11) is 4.38. The van der Waals surface area contributed by atoms with E-state index in [1.165, 1.54) is 6.42 Å². The minimum atomic E-state index is -1.18. The fraction of sp³-hybridized carbons (Fsp3) is 0.464. The number of rotatable bonds is 10. The molecule has 1 atom stereocenters. The van der Waals surface area contributed by atoms with Crippen LogP contribution in [-0.2, 0) is 12.1 Å². The summed E-state index contributed by atoms with van der Waals surface area (Å²) in [6.45, 7) is 2.35. The molecule has 0 radical (unpaired) electrons. The highest BCUT2D eigenvalue weighted by Gasteiger charge is 2.44. The number of benzene rings is 2. The van der Waals surface area contributed by atoms with Crippen LogP contribution in [0, 0.1) is 5.92 Å². The highest BCUT2D eigenvalue weighted by Crippen LogP contribution is 2.43. The Balaban J connectivity index is 1.42. The Morgan fingerprint density at radius 1 is 1.00 bits per heavy atom. The summed E-state index contributed by atoms with van der Waals surface area (Å²) in [6, 6.07) is 19.8. The minimum Gasteiger partial charge on any atom is -0.493 e. The van der Waals surface area contributed by atoms with Crippen molar-refractivity contribution in [1.29, 1.82) is 0 Å². The maximum absolute atomic E-state index is 12.0. The number of para-hydroxylation sites is 1. The average molecular weight is 450 g/mol. The number of oxazole rings is 1. The second kappa shape index (κ2) is 10.5. The van der Waals surface area contributed by atoms with Crippen molar-refractivity contribution in [3.63, 3.8) is 0 Å². The summed E-state index contributed by atoms with van der Waals surface area (Å²) < 4.78 is 12.9. The fourth-order valence-corrected chi connectivity index (χ4v) is 5.00. The predicted octanol–water partition coefficient (Wildman–Crippen LogP) is 5.54. The zero-order valence-corrected chi connectivity index (χ0v) is 20.0. The number of aromatic nitrogens is 1. The monoisotopic (exact) mass is 449 g/mol. The minimum absolute atomic E-state index is 0.123. The third-order valence-electron chi connectivity index (χ3n) is 6.79. The van der Waals surface area contributed by atoms with Gasteiger partial charge in [0.1, 0.15) is 12.3 Å². The summed E-state index contributed by atoms with van der Waals surface area (Å²) in [5.74, 6) is 2.27. The lowest BCUT2D eigenvalue weighted by molar-refractivity contribution is -0.904. The summed E-state index contributed by atoms with van der Waals surface area (Å²) >= 11 is 0. The maximum atomic E-state index is 12.0. The normalized spacial score (nSPS) is 16.9. The topological polar surface area (TPSA) is 55.5 Å². The molecule has 2 aromatic carbocycles. The van der Waals surface area contributed by atoms with Gasteiger partial charge in [0.05, 0.1) is 33.4 Å². The van der Waals surface area contributed by atoms with Gasteiger partial charge in [-0.2, -0.15) is 0 Å². The van der Waals surface area contributed by atoms with Crippen LogP contribution in [0.3, 0.4) is 0 Å². The van der Waals surface area contributed by atoms with E-state index in [4.69, 9.17) is 9.15 Å². The standard InChI is InChI=1S/C28H37N2O3/c1-30(2,19-12-20-32-25-17-10-5-11-18-25)22-26-21-29-27(33-26)28(31,23-13-6-3-7-14-23)24-15-8-4-9-16-24/h3,5-7,10-11,13-14,17-18,21,24,31H,4,8-9,12,15-16,19-20,22H2,1-2H3/q+1/t28-/m1/s1. The SMILES string of the molecule is C[N+](C)(CCCOc1ccccc1)Cc1cnc([C@@](O)(c2ccccc2)C2CCCCC2)o1. The Morgan fingerprint density at radius 2 is 1.67 bits per heavy atom. The van der Waals surface area contributed by atoms with E-state index in [0.717, 1.165) is 60.2 Å². The van der Waals surface area contributed by atoms with Crippen LogP contribution in [0.15, 0.2) is 71.3 Å². The van der Waals surface area contributed by atoms with Crippen LogP contribution in [-0.4, -0.2) is 41.8 Å². The van der Waals surface area contributed by atoms with Crippen molar-refractivity contribution in [3.05, 3.63) is 84.1 Å². The summed E-state index contributed by atoms with van der Waals surface area (Å²) in [5, 5.41) is 12.0. The molecule has 1 N–H and O–H groups in total.